The quantitative estimate of drug-likeness (QED) is 0.793. The van der Waals surface area contributed by atoms with E-state index in [9.17, 15) is 0 Å². The van der Waals surface area contributed by atoms with Crippen molar-refractivity contribution in [3.63, 3.8) is 0 Å². The van der Waals surface area contributed by atoms with Gasteiger partial charge in [0.1, 0.15) is 5.82 Å². The number of fused-ring (bicyclic) bond motifs is 1. The van der Waals surface area contributed by atoms with Crippen LogP contribution in [0.25, 0.3) is 0 Å². The Hall–Kier alpha value is -1.09. The zero-order valence-electron chi connectivity index (χ0n) is 8.89. The van der Waals surface area contributed by atoms with Crippen LogP contribution in [0.2, 0.25) is 0 Å². The van der Waals surface area contributed by atoms with E-state index in [0.717, 1.165) is 11.9 Å². The lowest BCUT2D eigenvalue weighted by molar-refractivity contribution is 0.318. The highest BCUT2D eigenvalue weighted by Gasteiger charge is 2.36. The van der Waals surface area contributed by atoms with Gasteiger partial charge in [-0.25, -0.2) is 4.98 Å². The van der Waals surface area contributed by atoms with E-state index in [1.807, 2.05) is 18.3 Å². The highest BCUT2D eigenvalue weighted by atomic mass is 15.2. The third-order valence-corrected chi connectivity index (χ3v) is 3.60. The van der Waals surface area contributed by atoms with Crippen LogP contribution >= 0.6 is 0 Å². The Bertz CT molecular complexity index is 325. The monoisotopic (exact) mass is 203 g/mol. The minimum Gasteiger partial charge on any atom is -0.366 e. The third kappa shape index (κ3) is 1.72. The smallest absolute Gasteiger partial charge is 0.126 e. The minimum atomic E-state index is 0.613. The molecule has 3 heteroatoms. The maximum atomic E-state index is 4.33. The lowest BCUT2D eigenvalue weighted by atomic mass is 10.1. The van der Waals surface area contributed by atoms with Crippen LogP contribution < -0.4 is 5.32 Å². The van der Waals surface area contributed by atoms with Crippen LogP contribution in [0.4, 0.5) is 5.82 Å². The SMILES string of the molecule is c1ccc(NC2CCN3CCCC23)nc1. The van der Waals surface area contributed by atoms with Gasteiger partial charge in [-0.3, -0.25) is 4.90 Å². The fourth-order valence-electron chi connectivity index (χ4n) is 2.89. The molecule has 3 heterocycles. The molecule has 3 nitrogen and oxygen atoms in total. The Morgan fingerprint density at radius 1 is 1.27 bits per heavy atom. The normalized spacial score (nSPS) is 30.4. The molecule has 2 atom stereocenters. The topological polar surface area (TPSA) is 28.2 Å². The number of nitrogens with one attached hydrogen (secondary N) is 1. The lowest BCUT2D eigenvalue weighted by Gasteiger charge is -2.21. The molecular formula is C12H17N3. The van der Waals surface area contributed by atoms with Crippen LogP contribution in [0.3, 0.4) is 0 Å². The van der Waals surface area contributed by atoms with Gasteiger partial charge in [-0.1, -0.05) is 6.07 Å². The third-order valence-electron chi connectivity index (χ3n) is 3.60. The molecule has 2 fully saturated rings. The Morgan fingerprint density at radius 2 is 2.27 bits per heavy atom. The number of pyridine rings is 1. The highest BCUT2D eigenvalue weighted by Crippen LogP contribution is 2.29. The molecule has 0 radical (unpaired) electrons. The van der Waals surface area contributed by atoms with E-state index in [1.54, 1.807) is 0 Å². The minimum absolute atomic E-state index is 0.613. The van der Waals surface area contributed by atoms with Crippen molar-refractivity contribution in [3.05, 3.63) is 24.4 Å². The van der Waals surface area contributed by atoms with E-state index in [-0.39, 0.29) is 0 Å². The van der Waals surface area contributed by atoms with Crippen molar-refractivity contribution in [1.82, 2.24) is 9.88 Å². The second kappa shape index (κ2) is 3.81. The molecule has 0 aliphatic carbocycles. The first-order chi connectivity index (χ1) is 7.43. The van der Waals surface area contributed by atoms with Crippen LogP contribution in [-0.2, 0) is 0 Å². The number of anilines is 1. The van der Waals surface area contributed by atoms with Gasteiger partial charge in [-0.15, -0.1) is 0 Å². The molecule has 1 aromatic rings. The number of hydrogen-bond acceptors (Lipinski definition) is 3. The summed E-state index contributed by atoms with van der Waals surface area (Å²) < 4.78 is 0. The van der Waals surface area contributed by atoms with Gasteiger partial charge < -0.3 is 5.32 Å². The van der Waals surface area contributed by atoms with Crippen molar-refractivity contribution in [1.29, 1.82) is 0 Å². The predicted molar refractivity (Wildman–Crippen MR) is 60.9 cm³/mol. The maximum Gasteiger partial charge on any atom is 0.126 e. The van der Waals surface area contributed by atoms with Gasteiger partial charge >= 0.3 is 0 Å². The molecule has 2 aliphatic rings. The number of nitrogens with zero attached hydrogens (tertiary/aromatic N) is 2. The zero-order valence-corrected chi connectivity index (χ0v) is 8.89. The Morgan fingerprint density at radius 3 is 3.13 bits per heavy atom. The van der Waals surface area contributed by atoms with Crippen LogP contribution in [0.15, 0.2) is 24.4 Å². The van der Waals surface area contributed by atoms with Gasteiger partial charge in [-0.2, -0.15) is 0 Å². The first-order valence-corrected chi connectivity index (χ1v) is 5.85. The van der Waals surface area contributed by atoms with Crippen molar-refractivity contribution in [2.45, 2.75) is 31.3 Å². The fraction of sp³-hybridized carbons (Fsp3) is 0.583. The summed E-state index contributed by atoms with van der Waals surface area (Å²) in [5.74, 6) is 1.02. The summed E-state index contributed by atoms with van der Waals surface area (Å²) in [7, 11) is 0. The van der Waals surface area contributed by atoms with E-state index in [0.29, 0.717) is 6.04 Å². The molecule has 0 amide bonds. The highest BCUT2D eigenvalue weighted by molar-refractivity contribution is 5.35. The number of rotatable bonds is 2. The second-order valence-electron chi connectivity index (χ2n) is 4.50. The van der Waals surface area contributed by atoms with Crippen molar-refractivity contribution in [2.24, 2.45) is 0 Å². The summed E-state index contributed by atoms with van der Waals surface area (Å²) in [5, 5.41) is 3.56. The van der Waals surface area contributed by atoms with E-state index in [4.69, 9.17) is 0 Å². The molecule has 0 saturated carbocycles. The molecule has 80 valence electrons. The average Bonchev–Trinajstić information content (AvgIpc) is 2.85. The van der Waals surface area contributed by atoms with Gasteiger partial charge in [0, 0.05) is 24.8 Å². The van der Waals surface area contributed by atoms with Crippen molar-refractivity contribution in [3.8, 4) is 0 Å². The molecule has 0 aromatic carbocycles. The molecular weight excluding hydrogens is 186 g/mol. The zero-order chi connectivity index (χ0) is 10.1. The predicted octanol–water partition coefficient (Wildman–Crippen LogP) is 1.73. The van der Waals surface area contributed by atoms with Crippen LogP contribution in [0, 0.1) is 0 Å². The first kappa shape index (κ1) is 9.16. The van der Waals surface area contributed by atoms with E-state index >= 15 is 0 Å². The summed E-state index contributed by atoms with van der Waals surface area (Å²) in [6, 6.07) is 7.42. The summed E-state index contributed by atoms with van der Waals surface area (Å²) in [5.41, 5.74) is 0. The Labute approximate surface area is 90.5 Å². The summed E-state index contributed by atoms with van der Waals surface area (Å²) in [6.45, 7) is 2.56. The Kier molecular flexibility index (Phi) is 2.33. The van der Waals surface area contributed by atoms with Gasteiger partial charge in [0.25, 0.3) is 0 Å². The molecule has 2 unspecified atom stereocenters. The molecule has 1 aromatic heterocycles. The van der Waals surface area contributed by atoms with Gasteiger partial charge in [-0.05, 0) is 37.9 Å². The molecule has 0 bridgehead atoms. The molecule has 2 saturated heterocycles. The molecule has 2 aliphatic heterocycles. The van der Waals surface area contributed by atoms with Crippen LogP contribution in [0.5, 0.6) is 0 Å². The summed E-state index contributed by atoms with van der Waals surface area (Å²) >= 11 is 0. The number of aromatic nitrogens is 1. The molecule has 15 heavy (non-hydrogen) atoms. The average molecular weight is 203 g/mol. The fourth-order valence-corrected chi connectivity index (χ4v) is 2.89. The van der Waals surface area contributed by atoms with Crippen LogP contribution in [0.1, 0.15) is 19.3 Å². The first-order valence-electron chi connectivity index (χ1n) is 5.85. The van der Waals surface area contributed by atoms with Crippen molar-refractivity contribution >= 4 is 5.82 Å². The van der Waals surface area contributed by atoms with Crippen molar-refractivity contribution in [2.75, 3.05) is 18.4 Å². The summed E-state index contributed by atoms with van der Waals surface area (Å²) in [6.07, 6.45) is 5.83. The van der Waals surface area contributed by atoms with Gasteiger partial charge in [0.2, 0.25) is 0 Å². The second-order valence-corrected chi connectivity index (χ2v) is 4.50. The van der Waals surface area contributed by atoms with Crippen LogP contribution in [-0.4, -0.2) is 35.1 Å². The lowest BCUT2D eigenvalue weighted by Crippen LogP contribution is -2.33. The van der Waals surface area contributed by atoms with E-state index in [1.165, 1.54) is 32.4 Å². The molecule has 3 rings (SSSR count). The summed E-state index contributed by atoms with van der Waals surface area (Å²) in [4.78, 5) is 6.94. The molecule has 1 N–H and O–H groups in total. The molecule has 0 spiro atoms. The standard InChI is InChI=1S/C12H17N3/c1-2-7-13-12(5-1)14-10-6-9-15-8-3-4-11(10)15/h1-2,5,7,10-11H,3-4,6,8-9H2,(H,13,14). The van der Waals surface area contributed by atoms with Crippen molar-refractivity contribution < 1.29 is 0 Å². The Balaban J connectivity index is 1.69. The number of hydrogen-bond donors (Lipinski definition) is 1. The largest absolute Gasteiger partial charge is 0.366 e. The van der Waals surface area contributed by atoms with Gasteiger partial charge in [0.05, 0.1) is 0 Å². The van der Waals surface area contributed by atoms with Gasteiger partial charge in [0.15, 0.2) is 0 Å². The maximum absolute atomic E-state index is 4.33. The van der Waals surface area contributed by atoms with E-state index in [2.05, 4.69) is 21.3 Å². The van der Waals surface area contributed by atoms with E-state index < -0.39 is 0 Å².